The molecule has 0 saturated carbocycles. The molecule has 1 aliphatic heterocycles. The van der Waals surface area contributed by atoms with Gasteiger partial charge in [0.05, 0.1) is 5.69 Å². The van der Waals surface area contributed by atoms with E-state index in [-0.39, 0.29) is 11.2 Å². The number of hydrogen-bond donors (Lipinski definition) is 1. The summed E-state index contributed by atoms with van der Waals surface area (Å²) in [6.45, 7) is 0.680. The molecule has 0 spiro atoms. The molecule has 0 aromatic heterocycles. The Kier molecular flexibility index (Phi) is 3.47. The highest BCUT2D eigenvalue weighted by Gasteiger charge is 2.29. The van der Waals surface area contributed by atoms with Crippen LogP contribution in [0.25, 0.3) is 0 Å². The van der Waals surface area contributed by atoms with Crippen LogP contribution in [0.1, 0.15) is 6.42 Å². The summed E-state index contributed by atoms with van der Waals surface area (Å²) in [4.78, 5) is 13.4. The van der Waals surface area contributed by atoms with Gasteiger partial charge in [0.15, 0.2) is 0 Å². The van der Waals surface area contributed by atoms with Gasteiger partial charge in [0.25, 0.3) is 0 Å². The molecule has 1 aromatic carbocycles. The van der Waals surface area contributed by atoms with Crippen molar-refractivity contribution in [1.82, 2.24) is 0 Å². The molecular weight excluding hydrogens is 345 g/mol. The fraction of sp³-hybridized carbons (Fsp3) is 0.300. The van der Waals surface area contributed by atoms with Gasteiger partial charge in [-0.15, -0.1) is 0 Å². The minimum atomic E-state index is 0.134. The Morgan fingerprint density at radius 2 is 2.27 bits per heavy atom. The minimum Gasteiger partial charge on any atom is -0.310 e. The SMILES string of the molecule is O=C1CC(S)CN1c1ccc(Cl)cc1I. The van der Waals surface area contributed by atoms with Crippen LogP contribution in [0.2, 0.25) is 5.02 Å². The molecule has 5 heteroatoms. The minimum absolute atomic E-state index is 0.134. The summed E-state index contributed by atoms with van der Waals surface area (Å²) in [5.41, 5.74) is 0.932. The van der Waals surface area contributed by atoms with Gasteiger partial charge in [-0.3, -0.25) is 4.79 Å². The first-order valence-electron chi connectivity index (χ1n) is 4.51. The molecule has 0 aliphatic carbocycles. The number of benzene rings is 1. The van der Waals surface area contributed by atoms with E-state index in [0.29, 0.717) is 18.0 Å². The average molecular weight is 354 g/mol. The third kappa shape index (κ3) is 2.42. The van der Waals surface area contributed by atoms with Gasteiger partial charge in [0.2, 0.25) is 5.91 Å². The van der Waals surface area contributed by atoms with Gasteiger partial charge >= 0.3 is 0 Å². The van der Waals surface area contributed by atoms with Crippen LogP contribution in [0, 0.1) is 3.57 Å². The molecule has 1 saturated heterocycles. The van der Waals surface area contributed by atoms with E-state index >= 15 is 0 Å². The molecule has 0 bridgehead atoms. The van der Waals surface area contributed by atoms with E-state index in [1.54, 1.807) is 11.0 Å². The Morgan fingerprint density at radius 1 is 1.53 bits per heavy atom. The second-order valence-corrected chi connectivity index (χ2v) is 5.79. The van der Waals surface area contributed by atoms with Crippen LogP contribution in [0.5, 0.6) is 0 Å². The van der Waals surface area contributed by atoms with Crippen molar-refractivity contribution in [3.8, 4) is 0 Å². The number of nitrogens with zero attached hydrogens (tertiary/aromatic N) is 1. The molecule has 1 aromatic rings. The van der Waals surface area contributed by atoms with Crippen LogP contribution in [-0.4, -0.2) is 17.7 Å². The zero-order valence-electron chi connectivity index (χ0n) is 7.78. The van der Waals surface area contributed by atoms with Crippen molar-refractivity contribution in [2.45, 2.75) is 11.7 Å². The topological polar surface area (TPSA) is 20.3 Å². The van der Waals surface area contributed by atoms with Gasteiger partial charge in [-0.25, -0.2) is 0 Å². The van der Waals surface area contributed by atoms with Gasteiger partial charge < -0.3 is 4.90 Å². The highest BCUT2D eigenvalue weighted by atomic mass is 127. The van der Waals surface area contributed by atoms with Gasteiger partial charge in [-0.05, 0) is 40.8 Å². The molecule has 2 rings (SSSR count). The number of hydrogen-bond acceptors (Lipinski definition) is 2. The number of carbonyl (C=O) groups is 1. The number of anilines is 1. The lowest BCUT2D eigenvalue weighted by molar-refractivity contribution is -0.117. The molecule has 1 aliphatic rings. The largest absolute Gasteiger partial charge is 0.310 e. The first-order valence-corrected chi connectivity index (χ1v) is 6.48. The number of carbonyl (C=O) groups excluding carboxylic acids is 1. The zero-order chi connectivity index (χ0) is 11.0. The lowest BCUT2D eigenvalue weighted by Crippen LogP contribution is -2.25. The van der Waals surface area contributed by atoms with E-state index in [2.05, 4.69) is 35.2 Å². The van der Waals surface area contributed by atoms with Gasteiger partial charge in [0.1, 0.15) is 0 Å². The van der Waals surface area contributed by atoms with Crippen molar-refractivity contribution in [2.24, 2.45) is 0 Å². The van der Waals surface area contributed by atoms with Crippen LogP contribution in [0.4, 0.5) is 5.69 Å². The third-order valence-corrected chi connectivity index (χ3v) is 3.75. The van der Waals surface area contributed by atoms with Crippen LogP contribution in [0.15, 0.2) is 18.2 Å². The Morgan fingerprint density at radius 3 is 2.80 bits per heavy atom. The number of thiol groups is 1. The highest BCUT2D eigenvalue weighted by molar-refractivity contribution is 14.1. The predicted octanol–water partition coefficient (Wildman–Crippen LogP) is 2.98. The smallest absolute Gasteiger partial charge is 0.228 e. The van der Waals surface area contributed by atoms with Crippen LogP contribution in [-0.2, 0) is 4.79 Å². The Labute approximate surface area is 113 Å². The molecule has 2 nitrogen and oxygen atoms in total. The molecule has 1 unspecified atom stereocenters. The molecule has 1 amide bonds. The monoisotopic (exact) mass is 353 g/mol. The van der Waals surface area contributed by atoms with Crippen molar-refractivity contribution >= 4 is 58.4 Å². The average Bonchev–Trinajstić information content (AvgIpc) is 2.45. The molecule has 1 fully saturated rings. The van der Waals surface area contributed by atoms with Crippen LogP contribution >= 0.6 is 46.8 Å². The lowest BCUT2D eigenvalue weighted by atomic mass is 10.3. The summed E-state index contributed by atoms with van der Waals surface area (Å²) >= 11 is 12.4. The maximum absolute atomic E-state index is 11.7. The summed E-state index contributed by atoms with van der Waals surface area (Å²) in [5.74, 6) is 0.134. The van der Waals surface area contributed by atoms with Crippen molar-refractivity contribution in [3.05, 3.63) is 26.8 Å². The summed E-state index contributed by atoms with van der Waals surface area (Å²) in [5, 5.41) is 0.834. The predicted molar refractivity (Wildman–Crippen MR) is 73.9 cm³/mol. The Balaban J connectivity index is 2.34. The highest BCUT2D eigenvalue weighted by Crippen LogP contribution is 2.30. The van der Waals surface area contributed by atoms with E-state index < -0.39 is 0 Å². The third-order valence-electron chi connectivity index (χ3n) is 2.31. The van der Waals surface area contributed by atoms with E-state index in [1.807, 2.05) is 12.1 Å². The lowest BCUT2D eigenvalue weighted by Gasteiger charge is -2.17. The van der Waals surface area contributed by atoms with Gasteiger partial charge in [0, 0.05) is 26.8 Å². The van der Waals surface area contributed by atoms with Crippen molar-refractivity contribution in [2.75, 3.05) is 11.4 Å². The molecule has 1 heterocycles. The molecule has 1 atom stereocenters. The zero-order valence-corrected chi connectivity index (χ0v) is 11.6. The van der Waals surface area contributed by atoms with Crippen molar-refractivity contribution in [3.63, 3.8) is 0 Å². The van der Waals surface area contributed by atoms with E-state index in [9.17, 15) is 4.79 Å². The second-order valence-electron chi connectivity index (χ2n) is 3.46. The van der Waals surface area contributed by atoms with E-state index in [0.717, 1.165) is 9.26 Å². The number of rotatable bonds is 1. The van der Waals surface area contributed by atoms with Crippen LogP contribution in [0.3, 0.4) is 0 Å². The van der Waals surface area contributed by atoms with Crippen LogP contribution < -0.4 is 4.90 Å². The summed E-state index contributed by atoms with van der Waals surface area (Å²) < 4.78 is 0.996. The van der Waals surface area contributed by atoms with Crippen molar-refractivity contribution in [1.29, 1.82) is 0 Å². The molecule has 15 heavy (non-hydrogen) atoms. The standard InChI is InChI=1S/C10H9ClINOS/c11-6-1-2-9(8(12)3-6)13-5-7(15)4-10(13)14/h1-3,7,15H,4-5H2. The Hall–Kier alpha value is 0.0600. The number of amides is 1. The molecule has 80 valence electrons. The fourth-order valence-electron chi connectivity index (χ4n) is 1.62. The molecule has 0 radical (unpaired) electrons. The maximum Gasteiger partial charge on any atom is 0.228 e. The maximum atomic E-state index is 11.7. The van der Waals surface area contributed by atoms with Gasteiger partial charge in [-0.1, -0.05) is 11.6 Å². The van der Waals surface area contributed by atoms with E-state index in [1.165, 1.54) is 0 Å². The van der Waals surface area contributed by atoms with Gasteiger partial charge in [-0.2, -0.15) is 12.6 Å². The first-order chi connectivity index (χ1) is 7.08. The molecule has 0 N–H and O–H groups in total. The quantitative estimate of drug-likeness (QED) is 0.608. The number of halogens is 2. The van der Waals surface area contributed by atoms with E-state index in [4.69, 9.17) is 11.6 Å². The Bertz CT molecular complexity index is 412. The normalized spacial score (nSPS) is 21.1. The van der Waals surface area contributed by atoms with Crippen molar-refractivity contribution < 1.29 is 4.79 Å². The summed E-state index contributed by atoms with van der Waals surface area (Å²) in [6, 6.07) is 5.54. The fourth-order valence-corrected chi connectivity index (χ4v) is 3.10. The molecular formula is C10H9ClINOS. The summed E-state index contributed by atoms with van der Waals surface area (Å²) in [7, 11) is 0. The first kappa shape index (κ1) is 11.5. The summed E-state index contributed by atoms with van der Waals surface area (Å²) in [6.07, 6.45) is 0.516. The second kappa shape index (κ2) is 4.51.